The fourth-order valence-electron chi connectivity index (χ4n) is 2.15. The first-order valence-electron chi connectivity index (χ1n) is 7.22. The summed E-state index contributed by atoms with van der Waals surface area (Å²) < 4.78 is 43.0. The first-order valence-corrected chi connectivity index (χ1v) is 7.22. The van der Waals surface area contributed by atoms with Crippen LogP contribution in [-0.2, 0) is 6.18 Å². The van der Waals surface area contributed by atoms with Crippen LogP contribution in [0.2, 0.25) is 0 Å². The van der Waals surface area contributed by atoms with Crippen molar-refractivity contribution in [2.24, 2.45) is 0 Å². The average molecular weight is 347 g/mol. The lowest BCUT2D eigenvalue weighted by molar-refractivity contribution is -0.137. The molecule has 0 fully saturated rings. The highest BCUT2D eigenvalue weighted by Crippen LogP contribution is 2.30. The number of benzene rings is 2. The van der Waals surface area contributed by atoms with Crippen LogP contribution in [0.15, 0.2) is 52.9 Å². The number of carbonyl (C=O) groups is 1. The monoisotopic (exact) mass is 347 g/mol. The summed E-state index contributed by atoms with van der Waals surface area (Å²) in [4.78, 5) is 12.1. The van der Waals surface area contributed by atoms with E-state index in [0.29, 0.717) is 11.1 Å². The number of rotatable bonds is 3. The minimum Gasteiger partial charge on any atom is -0.403 e. The molecule has 1 amide bonds. The third-order valence-corrected chi connectivity index (χ3v) is 3.38. The van der Waals surface area contributed by atoms with Crippen molar-refractivity contribution < 1.29 is 22.4 Å². The molecule has 0 saturated heterocycles. The lowest BCUT2D eigenvalue weighted by Crippen LogP contribution is -2.12. The van der Waals surface area contributed by atoms with Gasteiger partial charge in [-0.3, -0.25) is 10.1 Å². The largest absolute Gasteiger partial charge is 0.416 e. The van der Waals surface area contributed by atoms with Gasteiger partial charge in [0.2, 0.25) is 5.89 Å². The maximum Gasteiger partial charge on any atom is 0.416 e. The molecule has 3 rings (SSSR count). The predicted octanol–water partition coefficient (Wildman–Crippen LogP) is 4.32. The zero-order chi connectivity index (χ0) is 18.0. The maximum atomic E-state index is 12.6. The summed E-state index contributed by atoms with van der Waals surface area (Å²) in [6.07, 6.45) is -4.42. The van der Waals surface area contributed by atoms with Crippen molar-refractivity contribution in [3.8, 4) is 11.5 Å². The van der Waals surface area contributed by atoms with Gasteiger partial charge in [-0.1, -0.05) is 22.8 Å². The van der Waals surface area contributed by atoms with Crippen LogP contribution in [0.5, 0.6) is 0 Å². The number of aromatic nitrogens is 2. The quantitative estimate of drug-likeness (QED) is 0.766. The highest BCUT2D eigenvalue weighted by Gasteiger charge is 2.30. The lowest BCUT2D eigenvalue weighted by atomic mass is 10.1. The Kier molecular flexibility index (Phi) is 4.26. The molecule has 0 aliphatic heterocycles. The second-order valence-electron chi connectivity index (χ2n) is 5.31. The highest BCUT2D eigenvalue weighted by atomic mass is 19.4. The molecule has 1 aromatic heterocycles. The number of amides is 1. The molecule has 25 heavy (non-hydrogen) atoms. The molecule has 2 aromatic carbocycles. The maximum absolute atomic E-state index is 12.6. The van der Waals surface area contributed by atoms with E-state index in [1.807, 2.05) is 13.0 Å². The number of aryl methyl sites for hydroxylation is 1. The van der Waals surface area contributed by atoms with Crippen molar-refractivity contribution in [1.82, 2.24) is 10.2 Å². The second-order valence-corrected chi connectivity index (χ2v) is 5.31. The van der Waals surface area contributed by atoms with Gasteiger partial charge < -0.3 is 4.42 Å². The van der Waals surface area contributed by atoms with Crippen molar-refractivity contribution >= 4 is 11.9 Å². The van der Waals surface area contributed by atoms with Gasteiger partial charge in [-0.25, -0.2) is 0 Å². The van der Waals surface area contributed by atoms with E-state index < -0.39 is 17.6 Å². The zero-order valence-corrected chi connectivity index (χ0v) is 13.0. The van der Waals surface area contributed by atoms with Crippen LogP contribution in [0.3, 0.4) is 0 Å². The molecular formula is C17H12F3N3O2. The van der Waals surface area contributed by atoms with E-state index in [2.05, 4.69) is 15.5 Å². The van der Waals surface area contributed by atoms with Gasteiger partial charge in [0.1, 0.15) is 0 Å². The van der Waals surface area contributed by atoms with Gasteiger partial charge in [-0.05, 0) is 43.3 Å². The van der Waals surface area contributed by atoms with Crippen molar-refractivity contribution in [2.75, 3.05) is 5.32 Å². The van der Waals surface area contributed by atoms with Crippen molar-refractivity contribution in [3.63, 3.8) is 0 Å². The third kappa shape index (κ3) is 3.85. The molecule has 128 valence electrons. The fourth-order valence-corrected chi connectivity index (χ4v) is 2.15. The summed E-state index contributed by atoms with van der Waals surface area (Å²) in [6.45, 7) is 1.85. The van der Waals surface area contributed by atoms with Crippen LogP contribution in [-0.4, -0.2) is 16.1 Å². The minimum atomic E-state index is -4.42. The minimum absolute atomic E-state index is 0.00765. The number of carbonyl (C=O) groups excluding carboxylic acids is 1. The van der Waals surface area contributed by atoms with Gasteiger partial charge >= 0.3 is 12.2 Å². The number of nitrogens with one attached hydrogen (secondary N) is 1. The summed E-state index contributed by atoms with van der Waals surface area (Å²) in [5, 5.41) is 9.86. The molecule has 0 saturated carbocycles. The Bertz CT molecular complexity index is 902. The Balaban J connectivity index is 1.75. The Morgan fingerprint density at radius 3 is 2.44 bits per heavy atom. The van der Waals surface area contributed by atoms with E-state index in [-0.39, 0.29) is 11.9 Å². The average Bonchev–Trinajstić information content (AvgIpc) is 3.02. The zero-order valence-electron chi connectivity index (χ0n) is 13.0. The Morgan fingerprint density at radius 1 is 1.08 bits per heavy atom. The van der Waals surface area contributed by atoms with Crippen LogP contribution in [0.25, 0.3) is 11.5 Å². The Labute approximate surface area is 140 Å². The molecule has 0 spiro atoms. The van der Waals surface area contributed by atoms with Crippen molar-refractivity contribution in [3.05, 3.63) is 65.2 Å². The Morgan fingerprint density at radius 2 is 1.80 bits per heavy atom. The van der Waals surface area contributed by atoms with Crippen LogP contribution < -0.4 is 5.32 Å². The van der Waals surface area contributed by atoms with Crippen LogP contribution in [0.1, 0.15) is 21.5 Å². The molecule has 0 radical (unpaired) electrons. The summed E-state index contributed by atoms with van der Waals surface area (Å²) in [7, 11) is 0. The molecule has 3 aromatic rings. The number of halogens is 3. The number of alkyl halides is 3. The number of nitrogens with zero attached hydrogens (tertiary/aromatic N) is 2. The van der Waals surface area contributed by atoms with Crippen LogP contribution in [0, 0.1) is 6.92 Å². The predicted molar refractivity (Wildman–Crippen MR) is 83.9 cm³/mol. The summed E-state index contributed by atoms with van der Waals surface area (Å²) in [5.41, 5.74) is 0.887. The molecule has 8 heteroatoms. The van der Waals surface area contributed by atoms with Gasteiger partial charge in [0, 0.05) is 11.1 Å². The van der Waals surface area contributed by atoms with E-state index in [9.17, 15) is 18.0 Å². The van der Waals surface area contributed by atoms with Crippen LogP contribution >= 0.6 is 0 Å². The molecular weight excluding hydrogens is 335 g/mol. The molecule has 0 bridgehead atoms. The van der Waals surface area contributed by atoms with E-state index in [4.69, 9.17) is 4.42 Å². The van der Waals surface area contributed by atoms with Crippen LogP contribution in [0.4, 0.5) is 19.2 Å². The van der Waals surface area contributed by atoms with E-state index in [1.54, 1.807) is 18.2 Å². The van der Waals surface area contributed by atoms with Gasteiger partial charge in [0.15, 0.2) is 0 Å². The fraction of sp³-hybridized carbons (Fsp3) is 0.118. The summed E-state index contributed by atoms with van der Waals surface area (Å²) in [5.74, 6) is -0.417. The van der Waals surface area contributed by atoms with Gasteiger partial charge in [-0.15, -0.1) is 5.10 Å². The van der Waals surface area contributed by atoms with Gasteiger partial charge in [-0.2, -0.15) is 13.2 Å². The van der Waals surface area contributed by atoms with E-state index >= 15 is 0 Å². The standard InChI is InChI=1S/C17H12F3N3O2/c1-10-3-2-4-12(9-10)14(24)21-16-23-22-15(25-16)11-5-7-13(8-6-11)17(18,19)20/h2-9H,1H3,(H,21,23,24). The summed E-state index contributed by atoms with van der Waals surface area (Å²) >= 11 is 0. The molecule has 1 N–H and O–H groups in total. The number of anilines is 1. The van der Waals surface area contributed by atoms with Gasteiger partial charge in [0.25, 0.3) is 5.91 Å². The molecule has 0 aliphatic rings. The topological polar surface area (TPSA) is 68.0 Å². The third-order valence-electron chi connectivity index (χ3n) is 3.38. The Hall–Kier alpha value is -3.16. The first kappa shape index (κ1) is 16.7. The van der Waals surface area contributed by atoms with Crippen molar-refractivity contribution in [2.45, 2.75) is 13.1 Å². The number of hydrogen-bond acceptors (Lipinski definition) is 4. The first-order chi connectivity index (χ1) is 11.8. The lowest BCUT2D eigenvalue weighted by Gasteiger charge is -2.05. The van der Waals surface area contributed by atoms with Gasteiger partial charge in [0.05, 0.1) is 5.56 Å². The van der Waals surface area contributed by atoms with Crippen molar-refractivity contribution in [1.29, 1.82) is 0 Å². The molecule has 5 nitrogen and oxygen atoms in total. The molecule has 0 unspecified atom stereocenters. The highest BCUT2D eigenvalue weighted by molar-refractivity contribution is 6.03. The molecule has 0 atom stereocenters. The second kappa shape index (κ2) is 6.39. The number of hydrogen-bond donors (Lipinski definition) is 1. The smallest absolute Gasteiger partial charge is 0.403 e. The normalized spacial score (nSPS) is 11.4. The van der Waals surface area contributed by atoms with E-state index in [0.717, 1.165) is 17.7 Å². The summed E-state index contributed by atoms with van der Waals surface area (Å²) in [6, 6.07) is 11.1. The SMILES string of the molecule is Cc1cccc(C(=O)Nc2nnc(-c3ccc(C(F)(F)F)cc3)o2)c1. The molecule has 0 aliphatic carbocycles. The van der Waals surface area contributed by atoms with E-state index in [1.165, 1.54) is 12.1 Å². The molecule has 1 heterocycles.